The minimum absolute atomic E-state index is 0.424. The number of nitrogens with one attached hydrogen (secondary N) is 1. The van der Waals surface area contributed by atoms with Gasteiger partial charge in [0, 0.05) is 21.3 Å². The van der Waals surface area contributed by atoms with Crippen molar-refractivity contribution in [2.75, 3.05) is 0 Å². The lowest BCUT2D eigenvalue weighted by atomic mass is 9.78. The molecule has 1 N–H and O–H groups in total. The molecule has 88 valence electrons. The van der Waals surface area contributed by atoms with Crippen molar-refractivity contribution in [3.8, 4) is 0 Å². The lowest BCUT2D eigenvalue weighted by Gasteiger charge is -2.41. The van der Waals surface area contributed by atoms with E-state index in [9.17, 15) is 0 Å². The first-order valence-corrected chi connectivity index (χ1v) is 7.37. The molecule has 1 atom stereocenters. The molecule has 1 fully saturated rings. The van der Waals surface area contributed by atoms with E-state index in [1.165, 1.54) is 38.5 Å². The third-order valence-corrected chi connectivity index (χ3v) is 5.63. The van der Waals surface area contributed by atoms with Gasteiger partial charge < -0.3 is 5.32 Å². The minimum Gasteiger partial charge on any atom is -0.304 e. The topological polar surface area (TPSA) is 12.0 Å². The molecule has 0 bridgehead atoms. The van der Waals surface area contributed by atoms with Crippen LogP contribution in [-0.2, 0) is 12.8 Å². The number of hydrogen-bond acceptors (Lipinski definition) is 2. The molecule has 1 unspecified atom stereocenters. The number of hydrogen-bond donors (Lipinski definition) is 1. The van der Waals surface area contributed by atoms with Crippen LogP contribution in [0.5, 0.6) is 0 Å². The van der Waals surface area contributed by atoms with E-state index in [1.807, 2.05) is 11.3 Å². The Labute approximate surface area is 102 Å². The van der Waals surface area contributed by atoms with E-state index < -0.39 is 0 Å². The fraction of sp³-hybridized carbons (Fsp3) is 0.714. The van der Waals surface area contributed by atoms with Gasteiger partial charge in [-0.2, -0.15) is 0 Å². The predicted molar refractivity (Wildman–Crippen MR) is 70.2 cm³/mol. The van der Waals surface area contributed by atoms with E-state index in [0.29, 0.717) is 11.6 Å². The highest BCUT2D eigenvalue weighted by Crippen LogP contribution is 2.37. The van der Waals surface area contributed by atoms with Crippen LogP contribution in [0.25, 0.3) is 0 Å². The monoisotopic (exact) mass is 235 g/mol. The average Bonchev–Trinajstić information content (AvgIpc) is 2.73. The second-order valence-electron chi connectivity index (χ2n) is 5.73. The second-order valence-corrected chi connectivity index (χ2v) is 6.90. The highest BCUT2D eigenvalue weighted by molar-refractivity contribution is 7.12. The standard InChI is InChI=1S/C14H21NS/c1-10(15-14(2)7-4-8-14)13-9-11-5-3-6-12(11)16-13/h9-10,15H,3-8H2,1-2H3. The first-order chi connectivity index (χ1) is 7.66. The summed E-state index contributed by atoms with van der Waals surface area (Å²) in [6, 6.07) is 2.99. The van der Waals surface area contributed by atoms with Crippen molar-refractivity contribution in [1.29, 1.82) is 0 Å². The number of fused-ring (bicyclic) bond motifs is 1. The zero-order valence-electron chi connectivity index (χ0n) is 10.3. The summed E-state index contributed by atoms with van der Waals surface area (Å²) >= 11 is 2.04. The molecule has 1 saturated carbocycles. The minimum atomic E-state index is 0.424. The third kappa shape index (κ3) is 1.82. The van der Waals surface area contributed by atoms with Gasteiger partial charge in [0.1, 0.15) is 0 Å². The third-order valence-electron chi connectivity index (χ3n) is 4.21. The molecule has 2 heteroatoms. The van der Waals surface area contributed by atoms with Crippen LogP contribution in [0.2, 0.25) is 0 Å². The maximum Gasteiger partial charge on any atom is 0.0390 e. The number of aryl methyl sites for hydroxylation is 2. The molecule has 1 nitrogen and oxygen atoms in total. The molecule has 0 spiro atoms. The van der Waals surface area contributed by atoms with E-state index in [4.69, 9.17) is 0 Å². The van der Waals surface area contributed by atoms with Gasteiger partial charge in [0.05, 0.1) is 0 Å². The summed E-state index contributed by atoms with van der Waals surface area (Å²) in [4.78, 5) is 3.21. The molecular formula is C14H21NS. The summed E-state index contributed by atoms with van der Waals surface area (Å²) in [5.41, 5.74) is 2.06. The van der Waals surface area contributed by atoms with Crippen LogP contribution in [0.15, 0.2) is 6.07 Å². The first-order valence-electron chi connectivity index (χ1n) is 6.55. The Kier molecular flexibility index (Phi) is 2.60. The van der Waals surface area contributed by atoms with Crippen molar-refractivity contribution in [3.05, 3.63) is 21.4 Å². The lowest BCUT2D eigenvalue weighted by molar-refractivity contribution is 0.190. The second kappa shape index (κ2) is 3.85. The molecule has 0 amide bonds. The Morgan fingerprint density at radius 3 is 2.75 bits per heavy atom. The first kappa shape index (κ1) is 10.8. The van der Waals surface area contributed by atoms with Crippen LogP contribution < -0.4 is 5.32 Å². The zero-order valence-corrected chi connectivity index (χ0v) is 11.1. The quantitative estimate of drug-likeness (QED) is 0.839. The summed E-state index contributed by atoms with van der Waals surface area (Å²) in [6.45, 7) is 4.69. The van der Waals surface area contributed by atoms with Gasteiger partial charge in [-0.15, -0.1) is 11.3 Å². The van der Waals surface area contributed by atoms with Gasteiger partial charge in [0.15, 0.2) is 0 Å². The summed E-state index contributed by atoms with van der Waals surface area (Å²) in [7, 11) is 0. The van der Waals surface area contributed by atoms with Crippen LogP contribution in [-0.4, -0.2) is 5.54 Å². The Balaban J connectivity index is 1.71. The highest BCUT2D eigenvalue weighted by Gasteiger charge is 2.33. The van der Waals surface area contributed by atoms with Crippen molar-refractivity contribution in [3.63, 3.8) is 0 Å². The van der Waals surface area contributed by atoms with Crippen LogP contribution in [0.1, 0.15) is 60.9 Å². The van der Waals surface area contributed by atoms with E-state index in [0.717, 1.165) is 0 Å². The SMILES string of the molecule is CC(NC1(C)CCC1)c1cc2c(s1)CCC2. The fourth-order valence-corrected chi connectivity index (χ4v) is 4.27. The van der Waals surface area contributed by atoms with Gasteiger partial charge >= 0.3 is 0 Å². The molecule has 1 aromatic heterocycles. The number of thiophene rings is 1. The molecule has 1 heterocycles. The molecule has 0 aromatic carbocycles. The molecule has 0 radical (unpaired) electrons. The van der Waals surface area contributed by atoms with Crippen molar-refractivity contribution in [1.82, 2.24) is 5.32 Å². The summed E-state index contributed by atoms with van der Waals surface area (Å²) in [6.07, 6.45) is 8.11. The fourth-order valence-electron chi connectivity index (χ4n) is 3.01. The van der Waals surface area contributed by atoms with Crippen molar-refractivity contribution >= 4 is 11.3 Å². The highest BCUT2D eigenvalue weighted by atomic mass is 32.1. The van der Waals surface area contributed by atoms with E-state index in [2.05, 4.69) is 25.2 Å². The van der Waals surface area contributed by atoms with Gasteiger partial charge in [-0.1, -0.05) is 0 Å². The van der Waals surface area contributed by atoms with E-state index >= 15 is 0 Å². The lowest BCUT2D eigenvalue weighted by Crippen LogP contribution is -2.48. The predicted octanol–water partition coefficient (Wildman–Crippen LogP) is 3.83. The molecule has 0 aliphatic heterocycles. The molecule has 2 aliphatic rings. The normalized spacial score (nSPS) is 23.9. The molecule has 16 heavy (non-hydrogen) atoms. The maximum absolute atomic E-state index is 3.81. The zero-order chi connectivity index (χ0) is 11.2. The number of rotatable bonds is 3. The van der Waals surface area contributed by atoms with Crippen molar-refractivity contribution in [2.45, 2.75) is 64.0 Å². The molecule has 0 saturated heterocycles. The Morgan fingerprint density at radius 2 is 2.12 bits per heavy atom. The van der Waals surface area contributed by atoms with Gasteiger partial charge in [0.25, 0.3) is 0 Å². The molecule has 2 aliphatic carbocycles. The van der Waals surface area contributed by atoms with Crippen LogP contribution in [0.3, 0.4) is 0 Å². The van der Waals surface area contributed by atoms with Crippen molar-refractivity contribution in [2.24, 2.45) is 0 Å². The maximum atomic E-state index is 3.81. The Hall–Kier alpha value is -0.340. The van der Waals surface area contributed by atoms with Crippen LogP contribution >= 0.6 is 11.3 Å². The molecule has 1 aromatic rings. The van der Waals surface area contributed by atoms with Gasteiger partial charge in [-0.05, 0) is 64.0 Å². The van der Waals surface area contributed by atoms with Crippen LogP contribution in [0.4, 0.5) is 0 Å². The average molecular weight is 235 g/mol. The summed E-state index contributed by atoms with van der Waals surface area (Å²) in [5, 5.41) is 3.81. The molecule has 3 rings (SSSR count). The van der Waals surface area contributed by atoms with Gasteiger partial charge in [-0.3, -0.25) is 0 Å². The Morgan fingerprint density at radius 1 is 1.31 bits per heavy atom. The largest absolute Gasteiger partial charge is 0.304 e. The van der Waals surface area contributed by atoms with Crippen molar-refractivity contribution < 1.29 is 0 Å². The summed E-state index contributed by atoms with van der Waals surface area (Å²) < 4.78 is 0. The van der Waals surface area contributed by atoms with E-state index in [-0.39, 0.29) is 0 Å². The summed E-state index contributed by atoms with van der Waals surface area (Å²) in [5.74, 6) is 0. The van der Waals surface area contributed by atoms with E-state index in [1.54, 1.807) is 15.3 Å². The Bertz CT molecular complexity index is 368. The molecular weight excluding hydrogens is 214 g/mol. The smallest absolute Gasteiger partial charge is 0.0390 e. The van der Waals surface area contributed by atoms with Gasteiger partial charge in [-0.25, -0.2) is 0 Å². The van der Waals surface area contributed by atoms with Crippen LogP contribution in [0, 0.1) is 0 Å². The van der Waals surface area contributed by atoms with Gasteiger partial charge in [0.2, 0.25) is 0 Å².